The maximum absolute atomic E-state index is 11.4. The summed E-state index contributed by atoms with van der Waals surface area (Å²) in [6.45, 7) is 0.109. The topological polar surface area (TPSA) is 75.3 Å². The van der Waals surface area contributed by atoms with Crippen molar-refractivity contribution in [1.82, 2.24) is 4.72 Å². The van der Waals surface area contributed by atoms with Crippen molar-refractivity contribution in [3.05, 3.63) is 30.3 Å². The van der Waals surface area contributed by atoms with E-state index < -0.39 is 10.0 Å². The van der Waals surface area contributed by atoms with Crippen molar-refractivity contribution in [2.45, 2.75) is 6.42 Å². The van der Waals surface area contributed by atoms with Crippen molar-refractivity contribution in [1.29, 1.82) is 0 Å². The first-order chi connectivity index (χ1) is 7.47. The molecule has 0 atom stereocenters. The fraction of sp³-hybridized carbons (Fsp3) is 0.300. The van der Waals surface area contributed by atoms with Crippen molar-refractivity contribution in [3.8, 4) is 0 Å². The van der Waals surface area contributed by atoms with Crippen LogP contribution in [0.5, 0.6) is 0 Å². The smallest absolute Gasteiger partial charge is 0.225 e. The molecule has 5 nitrogen and oxygen atoms in total. The van der Waals surface area contributed by atoms with Gasteiger partial charge >= 0.3 is 0 Å². The largest absolute Gasteiger partial charge is 0.326 e. The highest BCUT2D eigenvalue weighted by Crippen LogP contribution is 2.04. The fourth-order valence-corrected chi connectivity index (χ4v) is 1.57. The normalized spacial score (nSPS) is 11.1. The van der Waals surface area contributed by atoms with E-state index in [1.54, 1.807) is 12.1 Å². The second-order valence-corrected chi connectivity index (χ2v) is 5.16. The van der Waals surface area contributed by atoms with E-state index in [4.69, 9.17) is 0 Å². The van der Waals surface area contributed by atoms with Gasteiger partial charge in [0, 0.05) is 18.7 Å². The molecule has 1 amide bonds. The molecular weight excluding hydrogens is 228 g/mol. The van der Waals surface area contributed by atoms with Crippen LogP contribution < -0.4 is 10.0 Å². The van der Waals surface area contributed by atoms with Crippen molar-refractivity contribution in [2.75, 3.05) is 18.1 Å². The molecule has 0 bridgehead atoms. The first kappa shape index (κ1) is 12.7. The molecule has 0 heterocycles. The van der Waals surface area contributed by atoms with Gasteiger partial charge in [0.15, 0.2) is 0 Å². The molecule has 2 N–H and O–H groups in total. The first-order valence-corrected chi connectivity index (χ1v) is 6.66. The number of rotatable bonds is 5. The molecule has 0 aliphatic carbocycles. The quantitative estimate of drug-likeness (QED) is 0.792. The van der Waals surface area contributed by atoms with Crippen LogP contribution in [0.2, 0.25) is 0 Å². The van der Waals surface area contributed by atoms with Crippen LogP contribution >= 0.6 is 0 Å². The average molecular weight is 242 g/mol. The van der Waals surface area contributed by atoms with E-state index in [-0.39, 0.29) is 18.9 Å². The summed E-state index contributed by atoms with van der Waals surface area (Å²) in [5, 5.41) is 2.65. The molecule has 1 aromatic rings. The molecule has 0 saturated heterocycles. The molecule has 16 heavy (non-hydrogen) atoms. The highest BCUT2D eigenvalue weighted by molar-refractivity contribution is 7.88. The van der Waals surface area contributed by atoms with Gasteiger partial charge in [-0.1, -0.05) is 18.2 Å². The second kappa shape index (κ2) is 5.62. The van der Waals surface area contributed by atoms with Gasteiger partial charge in [0.2, 0.25) is 15.9 Å². The highest BCUT2D eigenvalue weighted by atomic mass is 32.2. The lowest BCUT2D eigenvalue weighted by Crippen LogP contribution is -2.26. The van der Waals surface area contributed by atoms with Crippen molar-refractivity contribution < 1.29 is 13.2 Å². The van der Waals surface area contributed by atoms with Crippen molar-refractivity contribution >= 4 is 21.6 Å². The lowest BCUT2D eigenvalue weighted by Gasteiger charge is -2.04. The minimum Gasteiger partial charge on any atom is -0.326 e. The monoisotopic (exact) mass is 242 g/mol. The summed E-state index contributed by atoms with van der Waals surface area (Å²) in [5.41, 5.74) is 0.701. The van der Waals surface area contributed by atoms with E-state index in [0.717, 1.165) is 6.26 Å². The maximum atomic E-state index is 11.4. The number of hydrogen-bond donors (Lipinski definition) is 2. The Morgan fingerprint density at radius 3 is 2.44 bits per heavy atom. The van der Waals surface area contributed by atoms with Gasteiger partial charge in [-0.05, 0) is 12.1 Å². The molecule has 0 aromatic heterocycles. The molecule has 1 rings (SSSR count). The van der Waals surface area contributed by atoms with Crippen LogP contribution in [0.15, 0.2) is 30.3 Å². The molecule has 0 radical (unpaired) electrons. The molecule has 0 unspecified atom stereocenters. The minimum absolute atomic E-state index is 0.109. The zero-order valence-electron chi connectivity index (χ0n) is 8.93. The molecular formula is C10H14N2O3S. The Bertz CT molecular complexity index is 442. The number of carbonyl (C=O) groups excluding carboxylic acids is 1. The maximum Gasteiger partial charge on any atom is 0.225 e. The number of amides is 1. The third-order valence-corrected chi connectivity index (χ3v) is 2.50. The van der Waals surface area contributed by atoms with Gasteiger partial charge in [-0.25, -0.2) is 13.1 Å². The predicted molar refractivity (Wildman–Crippen MR) is 62.5 cm³/mol. The summed E-state index contributed by atoms with van der Waals surface area (Å²) in [4.78, 5) is 11.4. The van der Waals surface area contributed by atoms with Crippen LogP contribution in [-0.2, 0) is 14.8 Å². The molecule has 0 aliphatic heterocycles. The number of nitrogens with one attached hydrogen (secondary N) is 2. The molecule has 0 fully saturated rings. The zero-order chi connectivity index (χ0) is 12.0. The minimum atomic E-state index is -3.22. The number of anilines is 1. The number of hydrogen-bond acceptors (Lipinski definition) is 3. The predicted octanol–water partition coefficient (Wildman–Crippen LogP) is 0.564. The Morgan fingerprint density at radius 1 is 1.25 bits per heavy atom. The molecule has 0 aliphatic rings. The Morgan fingerprint density at radius 2 is 1.88 bits per heavy atom. The van der Waals surface area contributed by atoms with Gasteiger partial charge in [-0.3, -0.25) is 4.79 Å². The summed E-state index contributed by atoms with van der Waals surface area (Å²) >= 11 is 0. The molecule has 0 spiro atoms. The van der Waals surface area contributed by atoms with Crippen LogP contribution in [0.1, 0.15) is 6.42 Å². The highest BCUT2D eigenvalue weighted by Gasteiger charge is 2.04. The third-order valence-electron chi connectivity index (χ3n) is 1.77. The third kappa shape index (κ3) is 5.47. The number of para-hydroxylation sites is 1. The van der Waals surface area contributed by atoms with Gasteiger partial charge in [-0.2, -0.15) is 0 Å². The van der Waals surface area contributed by atoms with Crippen molar-refractivity contribution in [2.24, 2.45) is 0 Å². The number of carbonyl (C=O) groups is 1. The second-order valence-electron chi connectivity index (χ2n) is 3.33. The van der Waals surface area contributed by atoms with Crippen LogP contribution in [0.25, 0.3) is 0 Å². The number of sulfonamides is 1. The Hall–Kier alpha value is -1.40. The van der Waals surface area contributed by atoms with Crippen LogP contribution in [0.3, 0.4) is 0 Å². The van der Waals surface area contributed by atoms with Gasteiger partial charge in [0.1, 0.15) is 0 Å². The van der Waals surface area contributed by atoms with Crippen LogP contribution in [0, 0.1) is 0 Å². The summed E-state index contributed by atoms with van der Waals surface area (Å²) in [5.74, 6) is -0.220. The van der Waals surface area contributed by atoms with Gasteiger partial charge in [0.25, 0.3) is 0 Å². The van der Waals surface area contributed by atoms with Crippen LogP contribution in [-0.4, -0.2) is 27.1 Å². The van der Waals surface area contributed by atoms with E-state index >= 15 is 0 Å². The summed E-state index contributed by atoms with van der Waals surface area (Å²) in [6, 6.07) is 9.00. The molecule has 0 saturated carbocycles. The molecule has 6 heteroatoms. The zero-order valence-corrected chi connectivity index (χ0v) is 9.75. The summed E-state index contributed by atoms with van der Waals surface area (Å²) < 4.78 is 23.7. The van der Waals surface area contributed by atoms with Gasteiger partial charge in [-0.15, -0.1) is 0 Å². The number of benzene rings is 1. The van der Waals surface area contributed by atoms with E-state index in [2.05, 4.69) is 10.0 Å². The molecule has 1 aromatic carbocycles. The summed E-state index contributed by atoms with van der Waals surface area (Å²) in [6.07, 6.45) is 1.17. The van der Waals surface area contributed by atoms with Gasteiger partial charge < -0.3 is 5.32 Å². The first-order valence-electron chi connectivity index (χ1n) is 4.77. The average Bonchev–Trinajstić information content (AvgIpc) is 2.17. The van der Waals surface area contributed by atoms with Crippen LogP contribution in [0.4, 0.5) is 5.69 Å². The Balaban J connectivity index is 2.32. The SMILES string of the molecule is CS(=O)(=O)NCCC(=O)Nc1ccccc1. The lowest BCUT2D eigenvalue weighted by atomic mass is 10.3. The van der Waals surface area contributed by atoms with E-state index in [0.29, 0.717) is 5.69 Å². The van der Waals surface area contributed by atoms with E-state index in [9.17, 15) is 13.2 Å². The lowest BCUT2D eigenvalue weighted by molar-refractivity contribution is -0.116. The van der Waals surface area contributed by atoms with Crippen molar-refractivity contribution in [3.63, 3.8) is 0 Å². The molecule has 88 valence electrons. The Kier molecular flexibility index (Phi) is 4.45. The standard InChI is InChI=1S/C10H14N2O3S/c1-16(14,15)11-8-7-10(13)12-9-5-3-2-4-6-9/h2-6,11H,7-8H2,1H3,(H,12,13). The summed E-state index contributed by atoms with van der Waals surface area (Å²) in [7, 11) is -3.22. The van der Waals surface area contributed by atoms with E-state index in [1.807, 2.05) is 18.2 Å². The Labute approximate surface area is 94.9 Å². The fourth-order valence-electron chi connectivity index (χ4n) is 1.09. The van der Waals surface area contributed by atoms with Gasteiger partial charge in [0.05, 0.1) is 6.26 Å². The van der Waals surface area contributed by atoms with E-state index in [1.165, 1.54) is 0 Å².